The monoisotopic (exact) mass is 550 g/mol. The van der Waals surface area contributed by atoms with Crippen LogP contribution in [0.5, 0.6) is 0 Å². The van der Waals surface area contributed by atoms with E-state index in [1.807, 2.05) is 51.1 Å². The van der Waals surface area contributed by atoms with Gasteiger partial charge in [0.1, 0.15) is 0 Å². The number of amides is 1. The van der Waals surface area contributed by atoms with Crippen molar-refractivity contribution in [2.45, 2.75) is 63.9 Å². The number of benzene rings is 3. The number of fused-ring (bicyclic) bond motifs is 1. The van der Waals surface area contributed by atoms with Crippen LogP contribution < -0.4 is 5.73 Å². The molecule has 0 heterocycles. The Hall–Kier alpha value is -3.00. The molecule has 3 N–H and O–H groups in total. The van der Waals surface area contributed by atoms with E-state index in [0.29, 0.717) is 6.42 Å². The Morgan fingerprint density at radius 1 is 0.897 bits per heavy atom. The van der Waals surface area contributed by atoms with Gasteiger partial charge in [-0.15, -0.1) is 0 Å². The minimum atomic E-state index is -3.77. The number of aryl methyl sites for hydroxylation is 3. The second kappa shape index (κ2) is 14.4. The second-order valence-corrected chi connectivity index (χ2v) is 12.8. The predicted molar refractivity (Wildman–Crippen MR) is 157 cm³/mol. The number of primary amides is 1. The number of carbonyl (C=O) groups excluding carboxylic acids is 1. The van der Waals surface area contributed by atoms with Gasteiger partial charge in [0.2, 0.25) is 15.9 Å². The molecule has 0 aliphatic heterocycles. The first-order valence-electron chi connectivity index (χ1n) is 13.7. The van der Waals surface area contributed by atoms with Crippen molar-refractivity contribution in [3.63, 3.8) is 0 Å². The van der Waals surface area contributed by atoms with Crippen LogP contribution in [0, 0.1) is 18.8 Å². The van der Waals surface area contributed by atoms with Crippen molar-refractivity contribution in [2.24, 2.45) is 17.6 Å². The Labute approximate surface area is 233 Å². The maximum atomic E-state index is 13.1. The third-order valence-corrected chi connectivity index (χ3v) is 8.78. The summed E-state index contributed by atoms with van der Waals surface area (Å²) in [6.45, 7) is 5.92. The summed E-state index contributed by atoms with van der Waals surface area (Å²) in [6, 6.07) is 24.8. The van der Waals surface area contributed by atoms with Crippen LogP contribution in [-0.4, -0.2) is 42.9 Å². The molecule has 3 aromatic carbocycles. The van der Waals surface area contributed by atoms with Crippen molar-refractivity contribution < 1.29 is 18.3 Å². The zero-order chi connectivity index (χ0) is 28.4. The van der Waals surface area contributed by atoms with Gasteiger partial charge < -0.3 is 10.8 Å². The van der Waals surface area contributed by atoms with Crippen molar-refractivity contribution in [3.05, 3.63) is 101 Å². The van der Waals surface area contributed by atoms with E-state index < -0.39 is 28.0 Å². The van der Waals surface area contributed by atoms with Crippen molar-refractivity contribution >= 4 is 15.9 Å². The minimum Gasteiger partial charge on any atom is -0.392 e. The number of aliphatic hydroxyl groups is 1. The van der Waals surface area contributed by atoms with Gasteiger partial charge in [0.25, 0.3) is 0 Å². The molecule has 0 saturated carbocycles. The molecule has 2 atom stereocenters. The number of hydrogen-bond acceptors (Lipinski definition) is 4. The van der Waals surface area contributed by atoms with E-state index in [0.717, 1.165) is 11.1 Å². The second-order valence-electron chi connectivity index (χ2n) is 10.8. The Kier molecular flexibility index (Phi) is 11.3. The Morgan fingerprint density at radius 2 is 1.46 bits per heavy atom. The van der Waals surface area contributed by atoms with Gasteiger partial charge in [0.05, 0.1) is 11.0 Å². The summed E-state index contributed by atoms with van der Waals surface area (Å²) in [7, 11) is -3.77. The van der Waals surface area contributed by atoms with Crippen LogP contribution >= 0.6 is 0 Å². The Bertz CT molecular complexity index is 1270. The third-order valence-electron chi connectivity index (χ3n) is 6.94. The highest BCUT2D eigenvalue weighted by Crippen LogP contribution is 2.22. The van der Waals surface area contributed by atoms with Crippen LogP contribution in [0.15, 0.2) is 83.8 Å². The molecule has 0 bridgehead atoms. The molecule has 4 rings (SSSR count). The molecule has 1 amide bonds. The Balaban J connectivity index is 0.000000387. The quantitative estimate of drug-likeness (QED) is 0.354. The first-order chi connectivity index (χ1) is 18.6. The van der Waals surface area contributed by atoms with Gasteiger partial charge in [-0.05, 0) is 73.8 Å². The number of rotatable bonds is 11. The molecule has 7 heteroatoms. The van der Waals surface area contributed by atoms with E-state index >= 15 is 0 Å². The fourth-order valence-electron chi connectivity index (χ4n) is 4.89. The van der Waals surface area contributed by atoms with E-state index in [4.69, 9.17) is 5.73 Å². The SMILES string of the molecule is Cc1ccc(S(=O)(=O)N(CC(C)C)C[C@@H](O)C[C@@H](Cc2ccccc2)C(N)=O)cc1.c1ccc2c(c1)CCC2. The molecule has 3 aromatic rings. The average molecular weight is 551 g/mol. The number of aliphatic hydroxyl groups excluding tert-OH is 1. The number of nitrogens with two attached hydrogens (primary N) is 1. The topological polar surface area (TPSA) is 101 Å². The molecule has 0 spiro atoms. The zero-order valence-electron chi connectivity index (χ0n) is 23.3. The molecule has 6 nitrogen and oxygen atoms in total. The highest BCUT2D eigenvalue weighted by molar-refractivity contribution is 7.89. The molecular weight excluding hydrogens is 508 g/mol. The number of carbonyl (C=O) groups is 1. The van der Waals surface area contributed by atoms with Crippen molar-refractivity contribution in [3.8, 4) is 0 Å². The summed E-state index contributed by atoms with van der Waals surface area (Å²) in [5.41, 5.74) is 10.6. The summed E-state index contributed by atoms with van der Waals surface area (Å²) in [4.78, 5) is 12.1. The molecule has 210 valence electrons. The third kappa shape index (κ3) is 9.31. The van der Waals surface area contributed by atoms with E-state index in [1.54, 1.807) is 35.4 Å². The first-order valence-corrected chi connectivity index (χ1v) is 15.1. The molecule has 0 unspecified atom stereocenters. The molecule has 1 aliphatic rings. The zero-order valence-corrected chi connectivity index (χ0v) is 24.1. The molecule has 39 heavy (non-hydrogen) atoms. The van der Waals surface area contributed by atoms with E-state index in [2.05, 4.69) is 24.3 Å². The van der Waals surface area contributed by atoms with Crippen molar-refractivity contribution in [1.82, 2.24) is 4.31 Å². The van der Waals surface area contributed by atoms with Crippen LogP contribution in [-0.2, 0) is 34.1 Å². The number of sulfonamides is 1. The lowest BCUT2D eigenvalue weighted by atomic mass is 9.93. The van der Waals surface area contributed by atoms with Gasteiger partial charge in [-0.2, -0.15) is 4.31 Å². The molecule has 0 saturated heterocycles. The molecule has 0 aromatic heterocycles. The molecule has 1 aliphatic carbocycles. The summed E-state index contributed by atoms with van der Waals surface area (Å²) in [5.74, 6) is -1.01. The fourth-order valence-corrected chi connectivity index (χ4v) is 6.53. The smallest absolute Gasteiger partial charge is 0.243 e. The lowest BCUT2D eigenvalue weighted by Gasteiger charge is -2.27. The lowest BCUT2D eigenvalue weighted by molar-refractivity contribution is -0.122. The van der Waals surface area contributed by atoms with Gasteiger partial charge in [0.15, 0.2) is 0 Å². The van der Waals surface area contributed by atoms with Gasteiger partial charge in [-0.1, -0.05) is 86.1 Å². The van der Waals surface area contributed by atoms with Crippen LogP contribution in [0.4, 0.5) is 0 Å². The lowest BCUT2D eigenvalue weighted by Crippen LogP contribution is -2.41. The highest BCUT2D eigenvalue weighted by atomic mass is 32.2. The van der Waals surface area contributed by atoms with Crippen molar-refractivity contribution in [1.29, 1.82) is 0 Å². The van der Waals surface area contributed by atoms with Crippen LogP contribution in [0.3, 0.4) is 0 Å². The summed E-state index contributed by atoms with van der Waals surface area (Å²) in [6.07, 6.45) is 3.46. The summed E-state index contributed by atoms with van der Waals surface area (Å²) >= 11 is 0. The predicted octanol–water partition coefficient (Wildman–Crippen LogP) is 4.91. The van der Waals surface area contributed by atoms with Gasteiger partial charge in [-0.3, -0.25) is 4.79 Å². The minimum absolute atomic E-state index is 0.0775. The standard InChI is InChI=1S/C23H32N2O4S.C9H10/c1-17(2)15-25(30(28,29)22-11-9-18(3)10-12-22)16-21(26)14-20(23(24)27)13-19-7-5-4-6-8-19;1-2-5-9-7-3-6-8(9)4-1/h4-12,17,20-21,26H,13-16H2,1-3H3,(H2,24,27);1-2,4-5H,3,6-7H2/t20-,21+;/m1./s1. The number of nitrogens with zero attached hydrogens (tertiary/aromatic N) is 1. The van der Waals surface area contributed by atoms with E-state index in [-0.39, 0.29) is 30.3 Å². The van der Waals surface area contributed by atoms with Gasteiger partial charge >= 0.3 is 0 Å². The maximum Gasteiger partial charge on any atom is 0.243 e. The van der Waals surface area contributed by atoms with Gasteiger partial charge in [0, 0.05) is 19.0 Å². The Morgan fingerprint density at radius 3 is 2.00 bits per heavy atom. The summed E-state index contributed by atoms with van der Waals surface area (Å²) < 4.78 is 27.6. The van der Waals surface area contributed by atoms with E-state index in [1.165, 1.54) is 23.6 Å². The van der Waals surface area contributed by atoms with Crippen LogP contribution in [0.25, 0.3) is 0 Å². The fraction of sp³-hybridized carbons (Fsp3) is 0.406. The van der Waals surface area contributed by atoms with Crippen LogP contribution in [0.2, 0.25) is 0 Å². The largest absolute Gasteiger partial charge is 0.392 e. The number of hydrogen-bond donors (Lipinski definition) is 2. The molecular formula is C32H42N2O4S. The first kappa shape index (κ1) is 30.5. The van der Waals surface area contributed by atoms with Crippen LogP contribution in [0.1, 0.15) is 48.9 Å². The highest BCUT2D eigenvalue weighted by Gasteiger charge is 2.29. The summed E-state index contributed by atoms with van der Waals surface area (Å²) in [5, 5.41) is 10.7. The van der Waals surface area contributed by atoms with Crippen molar-refractivity contribution in [2.75, 3.05) is 13.1 Å². The normalized spacial score (nSPS) is 14.4. The molecule has 0 fully saturated rings. The van der Waals surface area contributed by atoms with E-state index in [9.17, 15) is 18.3 Å². The average Bonchev–Trinajstić information content (AvgIpc) is 3.38. The van der Waals surface area contributed by atoms with Gasteiger partial charge in [-0.25, -0.2) is 8.42 Å². The maximum absolute atomic E-state index is 13.1. The molecule has 0 radical (unpaired) electrons.